The highest BCUT2D eigenvalue weighted by atomic mass is 16.6. The molecule has 0 radical (unpaired) electrons. The summed E-state index contributed by atoms with van der Waals surface area (Å²) in [4.78, 5) is 16.8. The number of likely N-dealkylation sites (N-methyl/N-ethyl adjacent to an activating group) is 1. The fourth-order valence-corrected chi connectivity index (χ4v) is 4.04. The minimum Gasteiger partial charge on any atom is -0.444 e. The summed E-state index contributed by atoms with van der Waals surface area (Å²) in [7, 11) is 1.87. The minimum atomic E-state index is -0.458. The molecule has 28 heavy (non-hydrogen) atoms. The molecule has 2 N–H and O–H groups in total. The van der Waals surface area contributed by atoms with Crippen molar-refractivity contribution in [1.82, 2.24) is 9.80 Å². The Bertz CT molecular complexity index is 661. The summed E-state index contributed by atoms with van der Waals surface area (Å²) in [6.07, 6.45) is 4.68. The molecule has 1 aromatic rings. The molecule has 1 aliphatic carbocycles. The number of amides is 1. The lowest BCUT2D eigenvalue weighted by atomic mass is 9.97. The van der Waals surface area contributed by atoms with E-state index in [1.165, 1.54) is 30.4 Å². The highest BCUT2D eigenvalue weighted by molar-refractivity contribution is 5.68. The predicted molar refractivity (Wildman–Crippen MR) is 113 cm³/mol. The molecular formula is C23H37N3O2. The van der Waals surface area contributed by atoms with Crippen molar-refractivity contribution < 1.29 is 9.53 Å². The molecule has 0 bridgehead atoms. The van der Waals surface area contributed by atoms with E-state index in [4.69, 9.17) is 10.5 Å². The molecule has 0 spiro atoms. The van der Waals surface area contributed by atoms with Gasteiger partial charge in [-0.15, -0.1) is 0 Å². The lowest BCUT2D eigenvalue weighted by molar-refractivity contribution is 0.0224. The third-order valence-corrected chi connectivity index (χ3v) is 5.97. The summed E-state index contributed by atoms with van der Waals surface area (Å²) in [5, 5.41) is 0. The quantitative estimate of drug-likeness (QED) is 0.781. The van der Waals surface area contributed by atoms with E-state index < -0.39 is 5.60 Å². The maximum Gasteiger partial charge on any atom is 0.410 e. The fraction of sp³-hybridized carbons (Fsp3) is 0.696. The van der Waals surface area contributed by atoms with Crippen LogP contribution in [-0.4, -0.2) is 47.7 Å². The van der Waals surface area contributed by atoms with Gasteiger partial charge in [0.2, 0.25) is 0 Å². The molecule has 5 nitrogen and oxygen atoms in total. The van der Waals surface area contributed by atoms with Crippen LogP contribution >= 0.6 is 0 Å². The molecule has 3 rings (SSSR count). The molecule has 1 saturated carbocycles. The van der Waals surface area contributed by atoms with Gasteiger partial charge in [-0.3, -0.25) is 4.90 Å². The second-order valence-corrected chi connectivity index (χ2v) is 9.68. The van der Waals surface area contributed by atoms with Crippen molar-refractivity contribution in [3.8, 4) is 0 Å². The summed E-state index contributed by atoms with van der Waals surface area (Å²) in [6.45, 7) is 9.69. The zero-order valence-electron chi connectivity index (χ0n) is 18.1. The van der Waals surface area contributed by atoms with E-state index >= 15 is 0 Å². The maximum atomic E-state index is 12.5. The Morgan fingerprint density at radius 1 is 1.21 bits per heavy atom. The molecule has 1 saturated heterocycles. The SMILES string of the molecule is C[C@H](N)c1ccc(C(CC2CC2)N2CC[C@H](N(C)C(=O)OC(C)(C)C)C2)cc1. The second-order valence-electron chi connectivity index (χ2n) is 9.68. The van der Waals surface area contributed by atoms with Crippen LogP contribution in [-0.2, 0) is 4.74 Å². The van der Waals surface area contributed by atoms with Gasteiger partial charge >= 0.3 is 6.09 Å². The minimum absolute atomic E-state index is 0.0644. The Labute approximate surface area is 170 Å². The smallest absolute Gasteiger partial charge is 0.410 e. The van der Waals surface area contributed by atoms with Crippen LogP contribution < -0.4 is 5.73 Å². The normalized spacial score (nSPS) is 22.7. The van der Waals surface area contributed by atoms with Crippen molar-refractivity contribution in [3.05, 3.63) is 35.4 Å². The van der Waals surface area contributed by atoms with Gasteiger partial charge in [-0.25, -0.2) is 4.79 Å². The van der Waals surface area contributed by atoms with Gasteiger partial charge in [-0.1, -0.05) is 37.1 Å². The Kier molecular flexibility index (Phi) is 6.35. The van der Waals surface area contributed by atoms with Crippen LogP contribution in [0.4, 0.5) is 4.79 Å². The number of carbonyl (C=O) groups excluding carboxylic acids is 1. The number of carbonyl (C=O) groups is 1. The summed E-state index contributed by atoms with van der Waals surface area (Å²) in [6, 6.07) is 9.52. The molecular weight excluding hydrogens is 350 g/mol. The zero-order valence-corrected chi connectivity index (χ0v) is 18.1. The number of hydrogen-bond acceptors (Lipinski definition) is 4. The number of hydrogen-bond donors (Lipinski definition) is 1. The first-order chi connectivity index (χ1) is 13.1. The van der Waals surface area contributed by atoms with E-state index in [-0.39, 0.29) is 18.2 Å². The van der Waals surface area contributed by atoms with Gasteiger partial charge in [0, 0.05) is 38.3 Å². The van der Waals surface area contributed by atoms with Gasteiger partial charge in [0.15, 0.2) is 0 Å². The Morgan fingerprint density at radius 2 is 1.82 bits per heavy atom. The summed E-state index contributed by atoms with van der Waals surface area (Å²) in [5.74, 6) is 0.848. The van der Waals surface area contributed by atoms with Crippen LogP contribution in [0.2, 0.25) is 0 Å². The third-order valence-electron chi connectivity index (χ3n) is 5.97. The van der Waals surface area contributed by atoms with Crippen molar-refractivity contribution >= 4 is 6.09 Å². The molecule has 1 unspecified atom stereocenters. The van der Waals surface area contributed by atoms with Gasteiger partial charge in [0.05, 0.1) is 0 Å². The molecule has 2 aliphatic rings. The van der Waals surface area contributed by atoms with E-state index in [1.807, 2.05) is 34.7 Å². The van der Waals surface area contributed by atoms with Crippen molar-refractivity contribution in [1.29, 1.82) is 0 Å². The number of rotatable bonds is 6. The molecule has 1 aromatic carbocycles. The largest absolute Gasteiger partial charge is 0.444 e. The Hall–Kier alpha value is -1.59. The molecule has 3 atom stereocenters. The lowest BCUT2D eigenvalue weighted by Gasteiger charge is -2.31. The first-order valence-corrected chi connectivity index (χ1v) is 10.7. The lowest BCUT2D eigenvalue weighted by Crippen LogP contribution is -2.42. The summed E-state index contributed by atoms with van der Waals surface area (Å²) < 4.78 is 5.56. The number of likely N-dealkylation sites (tertiary alicyclic amines) is 1. The molecule has 1 heterocycles. The van der Waals surface area contributed by atoms with Crippen molar-refractivity contribution in [2.24, 2.45) is 11.7 Å². The molecule has 1 aliphatic heterocycles. The molecule has 2 fully saturated rings. The van der Waals surface area contributed by atoms with E-state index in [2.05, 4.69) is 29.2 Å². The topological polar surface area (TPSA) is 58.8 Å². The monoisotopic (exact) mass is 387 g/mol. The molecule has 0 aromatic heterocycles. The van der Waals surface area contributed by atoms with Gasteiger partial charge in [0.25, 0.3) is 0 Å². The third kappa shape index (κ3) is 5.48. The highest BCUT2D eigenvalue weighted by Gasteiger charge is 2.36. The Morgan fingerprint density at radius 3 is 2.36 bits per heavy atom. The van der Waals surface area contributed by atoms with Crippen LogP contribution in [0.25, 0.3) is 0 Å². The van der Waals surface area contributed by atoms with Gasteiger partial charge in [-0.2, -0.15) is 0 Å². The second kappa shape index (κ2) is 8.42. The molecule has 1 amide bonds. The Balaban J connectivity index is 1.67. The summed E-state index contributed by atoms with van der Waals surface area (Å²) in [5.41, 5.74) is 8.11. The van der Waals surface area contributed by atoms with Crippen LogP contribution in [0.5, 0.6) is 0 Å². The van der Waals surface area contributed by atoms with Crippen molar-refractivity contribution in [3.63, 3.8) is 0 Å². The standard InChI is InChI=1S/C23H37N3O2/c1-16(24)18-8-10-19(11-9-18)21(14-17-6-7-17)26-13-12-20(15-26)25(5)22(27)28-23(2,3)4/h8-11,16-17,20-21H,6-7,12-15,24H2,1-5H3/t16-,20-,21?/m0/s1. The van der Waals surface area contributed by atoms with E-state index in [0.717, 1.165) is 25.4 Å². The first-order valence-electron chi connectivity index (χ1n) is 10.7. The maximum absolute atomic E-state index is 12.5. The van der Waals surface area contributed by atoms with E-state index in [1.54, 1.807) is 4.90 Å². The van der Waals surface area contributed by atoms with Crippen molar-refractivity contribution in [2.75, 3.05) is 20.1 Å². The van der Waals surface area contributed by atoms with E-state index in [0.29, 0.717) is 6.04 Å². The van der Waals surface area contributed by atoms with Gasteiger partial charge < -0.3 is 15.4 Å². The van der Waals surface area contributed by atoms with Crippen LogP contribution in [0.3, 0.4) is 0 Å². The molecule has 156 valence electrons. The number of nitrogens with two attached hydrogens (primary N) is 1. The van der Waals surface area contributed by atoms with Gasteiger partial charge in [-0.05, 0) is 57.6 Å². The summed E-state index contributed by atoms with van der Waals surface area (Å²) >= 11 is 0. The van der Waals surface area contributed by atoms with Crippen molar-refractivity contribution in [2.45, 2.75) is 77.1 Å². The molecule has 5 heteroatoms. The van der Waals surface area contributed by atoms with Crippen LogP contribution in [0.1, 0.15) is 76.6 Å². The van der Waals surface area contributed by atoms with Crippen LogP contribution in [0, 0.1) is 5.92 Å². The number of ether oxygens (including phenoxy) is 1. The number of nitrogens with zero attached hydrogens (tertiary/aromatic N) is 2. The zero-order chi connectivity index (χ0) is 20.5. The fourth-order valence-electron chi connectivity index (χ4n) is 4.04. The van der Waals surface area contributed by atoms with E-state index in [9.17, 15) is 4.79 Å². The predicted octanol–water partition coefficient (Wildman–Crippen LogP) is 4.49. The highest BCUT2D eigenvalue weighted by Crippen LogP contribution is 2.41. The average Bonchev–Trinajstić information content (AvgIpc) is 3.31. The first kappa shape index (κ1) is 21.1. The van der Waals surface area contributed by atoms with Crippen LogP contribution in [0.15, 0.2) is 24.3 Å². The van der Waals surface area contributed by atoms with Gasteiger partial charge in [0.1, 0.15) is 5.60 Å². The average molecular weight is 388 g/mol. The number of benzene rings is 1.